The van der Waals surface area contributed by atoms with Gasteiger partial charge in [-0.2, -0.15) is 5.10 Å². The first-order chi connectivity index (χ1) is 16.0. The number of hydrogen-bond donors (Lipinski definition) is 1. The van der Waals surface area contributed by atoms with E-state index < -0.39 is 0 Å². The van der Waals surface area contributed by atoms with Gasteiger partial charge in [0.05, 0.1) is 28.9 Å². The molecule has 0 saturated heterocycles. The molecule has 1 N–H and O–H groups in total. The van der Waals surface area contributed by atoms with Crippen LogP contribution >= 0.6 is 23.2 Å². The number of nitrogens with one attached hydrogen (secondary N) is 1. The van der Waals surface area contributed by atoms with E-state index >= 15 is 0 Å². The van der Waals surface area contributed by atoms with Gasteiger partial charge in [-0.3, -0.25) is 4.79 Å². The fraction of sp³-hybridized carbons (Fsp3) is 0.0769. The Morgan fingerprint density at radius 1 is 0.909 bits per heavy atom. The zero-order valence-corrected chi connectivity index (χ0v) is 19.2. The smallest absolute Gasteiger partial charge is 0.275 e. The molecule has 1 amide bonds. The van der Waals surface area contributed by atoms with E-state index in [4.69, 9.17) is 32.7 Å². The molecule has 166 valence electrons. The van der Waals surface area contributed by atoms with E-state index in [-0.39, 0.29) is 5.91 Å². The SMILES string of the molecule is COc1cc2ccccc2cc1C(=O)NN=Cc1ccccc1OCc1ccc(Cl)c(Cl)c1. The lowest BCUT2D eigenvalue weighted by atomic mass is 10.1. The van der Waals surface area contributed by atoms with Crippen LogP contribution in [0.2, 0.25) is 10.0 Å². The van der Waals surface area contributed by atoms with Crippen LogP contribution in [0.25, 0.3) is 10.8 Å². The molecule has 0 aliphatic rings. The maximum absolute atomic E-state index is 12.8. The molecular weight excluding hydrogens is 459 g/mol. The number of amides is 1. The Morgan fingerprint density at radius 2 is 1.64 bits per heavy atom. The first-order valence-corrected chi connectivity index (χ1v) is 10.9. The number of halogens is 2. The maximum Gasteiger partial charge on any atom is 0.275 e. The quantitative estimate of drug-likeness (QED) is 0.243. The van der Waals surface area contributed by atoms with E-state index in [9.17, 15) is 4.79 Å². The van der Waals surface area contributed by atoms with Crippen molar-refractivity contribution < 1.29 is 14.3 Å². The molecule has 0 atom stereocenters. The Balaban J connectivity index is 1.47. The highest BCUT2D eigenvalue weighted by Crippen LogP contribution is 2.26. The second-order valence-electron chi connectivity index (χ2n) is 7.17. The van der Waals surface area contributed by atoms with Crippen LogP contribution in [-0.4, -0.2) is 19.2 Å². The highest BCUT2D eigenvalue weighted by molar-refractivity contribution is 6.42. The molecule has 0 spiro atoms. The second-order valence-corrected chi connectivity index (χ2v) is 7.99. The second kappa shape index (κ2) is 10.4. The third-order valence-electron chi connectivity index (χ3n) is 4.98. The summed E-state index contributed by atoms with van der Waals surface area (Å²) >= 11 is 12.0. The number of methoxy groups -OCH3 is 1. The number of carbonyl (C=O) groups excluding carboxylic acids is 1. The Kier molecular flexibility index (Phi) is 7.13. The van der Waals surface area contributed by atoms with E-state index in [0.29, 0.717) is 39.3 Å². The third-order valence-corrected chi connectivity index (χ3v) is 5.72. The molecule has 0 bridgehead atoms. The summed E-state index contributed by atoms with van der Waals surface area (Å²) in [6.07, 6.45) is 1.54. The number of rotatable bonds is 7. The molecule has 0 fully saturated rings. The van der Waals surface area contributed by atoms with Crippen LogP contribution in [0.5, 0.6) is 11.5 Å². The first kappa shape index (κ1) is 22.6. The van der Waals surface area contributed by atoms with Crippen molar-refractivity contribution in [2.24, 2.45) is 5.10 Å². The van der Waals surface area contributed by atoms with Crippen LogP contribution in [0, 0.1) is 0 Å². The van der Waals surface area contributed by atoms with Crippen LogP contribution < -0.4 is 14.9 Å². The number of fused-ring (bicyclic) bond motifs is 1. The van der Waals surface area contributed by atoms with Crippen molar-refractivity contribution in [3.63, 3.8) is 0 Å². The fourth-order valence-electron chi connectivity index (χ4n) is 3.30. The fourth-order valence-corrected chi connectivity index (χ4v) is 3.62. The minimum Gasteiger partial charge on any atom is -0.496 e. The number of nitrogens with zero attached hydrogens (tertiary/aromatic N) is 1. The van der Waals surface area contributed by atoms with Crippen LogP contribution in [0.1, 0.15) is 21.5 Å². The molecule has 0 aromatic heterocycles. The summed E-state index contributed by atoms with van der Waals surface area (Å²) in [6.45, 7) is 0.308. The topological polar surface area (TPSA) is 59.9 Å². The number of carbonyl (C=O) groups is 1. The van der Waals surface area contributed by atoms with Gasteiger partial charge < -0.3 is 9.47 Å². The van der Waals surface area contributed by atoms with E-state index in [2.05, 4.69) is 10.5 Å². The summed E-state index contributed by atoms with van der Waals surface area (Å²) in [7, 11) is 1.53. The molecule has 7 heteroatoms. The molecule has 5 nitrogen and oxygen atoms in total. The number of benzene rings is 4. The number of hydrogen-bond acceptors (Lipinski definition) is 4. The normalized spacial score (nSPS) is 11.0. The lowest BCUT2D eigenvalue weighted by Crippen LogP contribution is -2.18. The zero-order valence-electron chi connectivity index (χ0n) is 17.7. The van der Waals surface area contributed by atoms with Crippen LogP contribution in [-0.2, 0) is 6.61 Å². The van der Waals surface area contributed by atoms with Crippen molar-refractivity contribution in [1.29, 1.82) is 0 Å². The highest BCUT2D eigenvalue weighted by Gasteiger charge is 2.13. The molecule has 0 radical (unpaired) electrons. The average molecular weight is 479 g/mol. The summed E-state index contributed by atoms with van der Waals surface area (Å²) in [5, 5.41) is 7.01. The summed E-state index contributed by atoms with van der Waals surface area (Å²) in [5.74, 6) is 0.722. The number of ether oxygens (including phenoxy) is 2. The lowest BCUT2D eigenvalue weighted by molar-refractivity contribution is 0.0952. The predicted molar refractivity (Wildman–Crippen MR) is 133 cm³/mol. The first-order valence-electron chi connectivity index (χ1n) is 10.1. The van der Waals surface area contributed by atoms with E-state index in [1.54, 1.807) is 18.2 Å². The van der Waals surface area contributed by atoms with Gasteiger partial charge in [-0.1, -0.05) is 65.7 Å². The molecule has 4 aromatic carbocycles. The summed E-state index contributed by atoms with van der Waals surface area (Å²) < 4.78 is 11.3. The van der Waals surface area contributed by atoms with E-state index in [0.717, 1.165) is 16.3 Å². The van der Waals surface area contributed by atoms with Crippen molar-refractivity contribution >= 4 is 46.1 Å². The Hall–Kier alpha value is -3.54. The monoisotopic (exact) mass is 478 g/mol. The van der Waals surface area contributed by atoms with Crippen molar-refractivity contribution in [3.8, 4) is 11.5 Å². The molecular formula is C26H20Cl2N2O3. The van der Waals surface area contributed by atoms with Crippen molar-refractivity contribution in [3.05, 3.63) is 106 Å². The summed E-state index contributed by atoms with van der Waals surface area (Å²) in [4.78, 5) is 12.8. The van der Waals surface area contributed by atoms with E-state index in [1.807, 2.05) is 60.7 Å². The van der Waals surface area contributed by atoms with Crippen LogP contribution in [0.4, 0.5) is 0 Å². The van der Waals surface area contributed by atoms with Gasteiger partial charge in [-0.05, 0) is 52.7 Å². The zero-order chi connectivity index (χ0) is 23.2. The molecule has 0 aliphatic carbocycles. The molecule has 0 heterocycles. The largest absolute Gasteiger partial charge is 0.496 e. The van der Waals surface area contributed by atoms with Crippen molar-refractivity contribution in [2.75, 3.05) is 7.11 Å². The predicted octanol–water partition coefficient (Wildman–Crippen LogP) is 6.50. The third kappa shape index (κ3) is 5.45. The minimum absolute atomic E-state index is 0.308. The van der Waals surface area contributed by atoms with Crippen LogP contribution in [0.15, 0.2) is 84.0 Å². The molecule has 4 rings (SSSR count). The van der Waals surface area contributed by atoms with Gasteiger partial charge in [0.1, 0.15) is 18.1 Å². The number of para-hydroxylation sites is 1. The molecule has 4 aromatic rings. The highest BCUT2D eigenvalue weighted by atomic mass is 35.5. The molecule has 33 heavy (non-hydrogen) atoms. The van der Waals surface area contributed by atoms with Gasteiger partial charge in [-0.15, -0.1) is 0 Å². The van der Waals surface area contributed by atoms with E-state index in [1.165, 1.54) is 13.3 Å². The molecule has 0 saturated carbocycles. The molecule has 0 unspecified atom stereocenters. The Labute approximate surface area is 201 Å². The van der Waals surface area contributed by atoms with Crippen LogP contribution in [0.3, 0.4) is 0 Å². The number of hydrazone groups is 1. The van der Waals surface area contributed by atoms with Crippen molar-refractivity contribution in [2.45, 2.75) is 6.61 Å². The van der Waals surface area contributed by atoms with Gasteiger partial charge in [0.25, 0.3) is 5.91 Å². The Morgan fingerprint density at radius 3 is 2.39 bits per heavy atom. The van der Waals surface area contributed by atoms with Gasteiger partial charge in [0, 0.05) is 5.56 Å². The Bertz CT molecular complexity index is 1340. The molecule has 0 aliphatic heterocycles. The maximum atomic E-state index is 12.8. The minimum atomic E-state index is -0.372. The summed E-state index contributed by atoms with van der Waals surface area (Å²) in [6, 6.07) is 24.1. The average Bonchev–Trinajstić information content (AvgIpc) is 2.84. The standard InChI is InChI=1S/C26H20Cl2N2O3/c1-32-25-14-19-7-3-2-6-18(19)13-21(25)26(31)30-29-15-20-8-4-5-9-24(20)33-16-17-10-11-22(27)23(28)12-17/h2-15H,16H2,1H3,(H,30,31). The summed E-state index contributed by atoms with van der Waals surface area (Å²) in [5.41, 5.74) is 4.56. The lowest BCUT2D eigenvalue weighted by Gasteiger charge is -2.10. The van der Waals surface area contributed by atoms with Gasteiger partial charge in [0.2, 0.25) is 0 Å². The van der Waals surface area contributed by atoms with Gasteiger partial charge in [-0.25, -0.2) is 5.43 Å². The van der Waals surface area contributed by atoms with Gasteiger partial charge >= 0.3 is 0 Å². The van der Waals surface area contributed by atoms with Gasteiger partial charge in [0.15, 0.2) is 0 Å². The van der Waals surface area contributed by atoms with Crippen molar-refractivity contribution in [1.82, 2.24) is 5.43 Å².